The second-order valence-electron chi connectivity index (χ2n) is 10.6. The van der Waals surface area contributed by atoms with E-state index in [9.17, 15) is 0 Å². The average molecular weight is 691 g/mol. The lowest BCUT2D eigenvalue weighted by Gasteiger charge is -2.15. The quantitative estimate of drug-likeness (QED) is 0.142. The van der Waals surface area contributed by atoms with E-state index in [0.29, 0.717) is 45.5 Å². The van der Waals surface area contributed by atoms with E-state index in [1.807, 2.05) is 6.07 Å². The second-order valence-corrected chi connectivity index (χ2v) is 12.2. The molecule has 0 amide bonds. The van der Waals surface area contributed by atoms with E-state index in [2.05, 4.69) is 49.6 Å². The van der Waals surface area contributed by atoms with Crippen LogP contribution in [0.4, 0.5) is 5.69 Å². The summed E-state index contributed by atoms with van der Waals surface area (Å²) < 4.78 is 5.83. The van der Waals surface area contributed by atoms with Crippen molar-refractivity contribution in [3.63, 3.8) is 0 Å². The van der Waals surface area contributed by atoms with Gasteiger partial charge in [-0.15, -0.1) is 0 Å². The first-order valence-electron chi connectivity index (χ1n) is 14.6. The van der Waals surface area contributed by atoms with Gasteiger partial charge in [0.05, 0.1) is 16.6 Å². The first-order chi connectivity index (χ1) is 21.8. The number of rotatable bonds is 6. The largest absolute Gasteiger partial charge is 0.485 e. The second kappa shape index (κ2) is 15.7. The van der Waals surface area contributed by atoms with Crippen molar-refractivity contribution in [3.05, 3.63) is 91.4 Å². The van der Waals surface area contributed by atoms with Gasteiger partial charge in [0.25, 0.3) is 0 Å². The third-order valence-corrected chi connectivity index (χ3v) is 8.53. The molecule has 7 N–H and O–H groups in total. The Balaban J connectivity index is 0.000000134. The van der Waals surface area contributed by atoms with Crippen LogP contribution in [0.25, 0.3) is 0 Å². The molecule has 4 aliphatic rings. The summed E-state index contributed by atoms with van der Waals surface area (Å²) in [6, 6.07) is 17.2. The molecule has 14 heteroatoms. The molecule has 0 unspecified atom stereocenters. The van der Waals surface area contributed by atoms with E-state index in [1.165, 1.54) is 18.4 Å². The Bertz CT molecular complexity index is 1520. The minimum Gasteiger partial charge on any atom is -0.485 e. The number of hydrogen-bond acceptors (Lipinski definition) is 6. The van der Waals surface area contributed by atoms with Crippen molar-refractivity contribution in [2.75, 3.05) is 32.8 Å². The highest BCUT2D eigenvalue weighted by molar-refractivity contribution is 6.39. The summed E-state index contributed by atoms with van der Waals surface area (Å²) in [6.07, 6.45) is 2.61. The number of halogens is 4. The standard InChI is InChI=1S/C13H16N2O.C9H10Cl2N4.C9H9Cl2N3/c1-2-4-12(11(3-1)10-5-6-10)16-9-13-14-7-8-15-13;10-7-1-2-8(11)6-4-15(3-5(6)7)14-9(12)13;10-6-2-1-3-7(11)8(6)14-9-12-4-5-13-9/h1-4,10H,5-9H2,(H,14,15);1-2H,3-4H2,(H4,12,13,14);1-3H,4-5H2,(H2,12,13,14). The van der Waals surface area contributed by atoms with Gasteiger partial charge < -0.3 is 26.4 Å². The molecule has 3 aromatic rings. The van der Waals surface area contributed by atoms with E-state index >= 15 is 0 Å². The van der Waals surface area contributed by atoms with Crippen molar-refractivity contribution in [3.8, 4) is 5.75 Å². The smallest absolute Gasteiger partial charge is 0.200 e. The number of fused-ring (bicyclic) bond motifs is 1. The van der Waals surface area contributed by atoms with E-state index in [0.717, 1.165) is 60.8 Å². The number of ether oxygens (including phenoxy) is 1. The van der Waals surface area contributed by atoms with E-state index in [4.69, 9.17) is 62.3 Å². The lowest BCUT2D eigenvalue weighted by atomic mass is 10.1. The zero-order chi connectivity index (χ0) is 31.8. The Hall–Kier alpha value is -3.41. The van der Waals surface area contributed by atoms with Crippen LogP contribution >= 0.6 is 46.4 Å². The van der Waals surface area contributed by atoms with Crippen LogP contribution in [0.5, 0.6) is 5.75 Å². The number of amidine groups is 1. The van der Waals surface area contributed by atoms with Crippen LogP contribution < -0.4 is 31.8 Å². The Morgan fingerprint density at radius 3 is 2.11 bits per heavy atom. The SMILES string of the molecule is Clc1cccc(Cl)c1N=C1NCCN1.N=C(N)NN1Cc2c(Cl)ccc(Cl)c2C1.c1ccc(C2CC2)c(OCC2=NCCN2)c1. The highest BCUT2D eigenvalue weighted by atomic mass is 35.5. The molecule has 2 fully saturated rings. The zero-order valence-electron chi connectivity index (χ0n) is 24.5. The minimum atomic E-state index is -0.0879. The molecule has 3 aromatic carbocycles. The third-order valence-electron chi connectivity index (χ3n) is 7.21. The van der Waals surface area contributed by atoms with Crippen LogP contribution in [0.3, 0.4) is 0 Å². The molecular formula is C31H35Cl4N9O. The van der Waals surface area contributed by atoms with Crippen molar-refractivity contribution in [1.82, 2.24) is 26.4 Å². The molecule has 45 heavy (non-hydrogen) atoms. The predicted molar refractivity (Wildman–Crippen MR) is 185 cm³/mol. The molecule has 0 radical (unpaired) electrons. The van der Waals surface area contributed by atoms with Gasteiger partial charge in [-0.2, -0.15) is 0 Å². The van der Waals surface area contributed by atoms with E-state index < -0.39 is 0 Å². The zero-order valence-corrected chi connectivity index (χ0v) is 27.5. The molecule has 1 saturated heterocycles. The molecular weight excluding hydrogens is 656 g/mol. The Labute approximate surface area is 282 Å². The van der Waals surface area contributed by atoms with Gasteiger partial charge in [0.2, 0.25) is 5.96 Å². The fourth-order valence-electron chi connectivity index (χ4n) is 4.91. The number of nitrogens with zero attached hydrogens (tertiary/aromatic N) is 3. The summed E-state index contributed by atoms with van der Waals surface area (Å²) in [5.41, 5.74) is 11.9. The predicted octanol–water partition coefficient (Wildman–Crippen LogP) is 5.83. The maximum absolute atomic E-state index is 7.13. The molecule has 238 valence electrons. The molecule has 3 heterocycles. The lowest BCUT2D eigenvalue weighted by molar-refractivity contribution is 0.240. The van der Waals surface area contributed by atoms with Crippen LogP contribution in [0, 0.1) is 5.41 Å². The van der Waals surface area contributed by atoms with Crippen molar-refractivity contribution in [2.45, 2.75) is 31.8 Å². The fourth-order valence-corrected chi connectivity index (χ4v) is 5.86. The molecule has 0 atom stereocenters. The average Bonchev–Trinajstić information content (AvgIpc) is 3.37. The van der Waals surface area contributed by atoms with Gasteiger partial charge in [-0.1, -0.05) is 70.7 Å². The number of aliphatic imine (C=N–C) groups is 2. The molecule has 1 aliphatic carbocycles. The van der Waals surface area contributed by atoms with E-state index in [-0.39, 0.29) is 5.96 Å². The molecule has 0 spiro atoms. The summed E-state index contributed by atoms with van der Waals surface area (Å²) in [7, 11) is 0. The van der Waals surface area contributed by atoms with Crippen molar-refractivity contribution in [1.29, 1.82) is 5.41 Å². The number of nitrogens with one attached hydrogen (secondary N) is 5. The van der Waals surface area contributed by atoms with Crippen LogP contribution in [-0.4, -0.2) is 55.5 Å². The van der Waals surface area contributed by atoms with Crippen LogP contribution in [0.2, 0.25) is 20.1 Å². The Morgan fingerprint density at radius 2 is 1.53 bits per heavy atom. The fraction of sp³-hybridized carbons (Fsp3) is 0.323. The molecule has 3 aliphatic heterocycles. The summed E-state index contributed by atoms with van der Waals surface area (Å²) >= 11 is 24.0. The maximum atomic E-state index is 7.13. The first kappa shape index (κ1) is 33.0. The number of guanidine groups is 2. The summed E-state index contributed by atoms with van der Waals surface area (Å²) in [5, 5.41) is 20.8. The number of benzene rings is 3. The molecule has 0 bridgehead atoms. The monoisotopic (exact) mass is 689 g/mol. The molecule has 7 rings (SSSR count). The minimum absolute atomic E-state index is 0.0879. The molecule has 0 aromatic heterocycles. The van der Waals surface area contributed by atoms with E-state index in [1.54, 1.807) is 35.3 Å². The van der Waals surface area contributed by atoms with Crippen LogP contribution in [-0.2, 0) is 13.1 Å². The van der Waals surface area contributed by atoms with Gasteiger partial charge >= 0.3 is 0 Å². The number of hydrazine groups is 1. The van der Waals surface area contributed by atoms with Gasteiger partial charge in [-0.3, -0.25) is 15.8 Å². The van der Waals surface area contributed by atoms with Crippen LogP contribution in [0.15, 0.2) is 64.6 Å². The Kier molecular flexibility index (Phi) is 11.5. The number of hydrogen-bond donors (Lipinski definition) is 6. The van der Waals surface area contributed by atoms with Crippen molar-refractivity contribution in [2.24, 2.45) is 15.7 Å². The highest BCUT2D eigenvalue weighted by Crippen LogP contribution is 2.44. The third kappa shape index (κ3) is 9.31. The topological polar surface area (TPSA) is 135 Å². The first-order valence-corrected chi connectivity index (χ1v) is 16.1. The van der Waals surface area contributed by atoms with Gasteiger partial charge in [-0.05, 0) is 65.8 Å². The Morgan fingerprint density at radius 1 is 0.889 bits per heavy atom. The maximum Gasteiger partial charge on any atom is 0.200 e. The van der Waals surface area contributed by atoms with Crippen molar-refractivity contribution < 1.29 is 4.74 Å². The molecule has 1 saturated carbocycles. The lowest BCUT2D eigenvalue weighted by Crippen LogP contribution is -2.42. The normalized spacial score (nSPS) is 16.4. The van der Waals surface area contributed by atoms with Gasteiger partial charge in [0.15, 0.2) is 5.96 Å². The van der Waals surface area contributed by atoms with Crippen LogP contribution in [0.1, 0.15) is 35.4 Å². The summed E-state index contributed by atoms with van der Waals surface area (Å²) in [6.45, 7) is 5.36. The van der Waals surface area contributed by atoms with Gasteiger partial charge in [0.1, 0.15) is 23.9 Å². The number of nitrogens with two attached hydrogens (primary N) is 1. The van der Waals surface area contributed by atoms with Crippen molar-refractivity contribution >= 4 is 69.8 Å². The van der Waals surface area contributed by atoms with Gasteiger partial charge in [0, 0.05) is 42.8 Å². The number of para-hydroxylation sites is 2. The molecule has 10 nitrogen and oxygen atoms in total. The summed E-state index contributed by atoms with van der Waals surface area (Å²) in [5.74, 6) is 3.37. The summed E-state index contributed by atoms with van der Waals surface area (Å²) in [4.78, 5) is 8.61. The van der Waals surface area contributed by atoms with Gasteiger partial charge in [-0.25, -0.2) is 10.0 Å². The highest BCUT2D eigenvalue weighted by Gasteiger charge is 2.26.